The number of amides is 2. The Morgan fingerprint density at radius 3 is 2.46 bits per heavy atom. The van der Waals surface area contributed by atoms with E-state index in [2.05, 4.69) is 0 Å². The van der Waals surface area contributed by atoms with Crippen LogP contribution in [0.3, 0.4) is 0 Å². The molecule has 26 heavy (non-hydrogen) atoms. The smallest absolute Gasteiger partial charge is 0.273 e. The minimum absolute atomic E-state index is 0.0548. The van der Waals surface area contributed by atoms with Gasteiger partial charge in [-0.15, -0.1) is 0 Å². The van der Waals surface area contributed by atoms with Crippen LogP contribution in [0.2, 0.25) is 10.0 Å². The summed E-state index contributed by atoms with van der Waals surface area (Å²) in [6.07, 6.45) is 0. The van der Waals surface area contributed by atoms with E-state index in [4.69, 9.17) is 44.3 Å². The van der Waals surface area contributed by atoms with E-state index in [1.54, 1.807) is 30.3 Å². The van der Waals surface area contributed by atoms with E-state index < -0.39 is 11.8 Å². The van der Waals surface area contributed by atoms with E-state index in [1.165, 1.54) is 6.07 Å². The topological polar surface area (TPSA) is 55.8 Å². The summed E-state index contributed by atoms with van der Waals surface area (Å²) in [5.41, 5.74) is 1.15. The molecule has 4 rings (SSSR count). The Balaban J connectivity index is 1.64. The van der Waals surface area contributed by atoms with Crippen molar-refractivity contribution in [2.45, 2.75) is 6.54 Å². The molecule has 0 saturated carbocycles. The Morgan fingerprint density at radius 2 is 1.69 bits per heavy atom. The average molecular weight is 411 g/mol. The molecule has 0 aliphatic carbocycles. The SMILES string of the molecule is O=C1C(Cl)=C(c2ccc(Cl)cc2Cl)C(=O)N1Cc1ccc2c(c1)OCO2. The summed E-state index contributed by atoms with van der Waals surface area (Å²) in [5.74, 6) is 0.108. The second-order valence-corrected chi connectivity index (χ2v) is 6.92. The largest absolute Gasteiger partial charge is 0.454 e. The number of halogens is 3. The van der Waals surface area contributed by atoms with Crippen molar-refractivity contribution in [1.29, 1.82) is 0 Å². The van der Waals surface area contributed by atoms with Gasteiger partial charge in [0.1, 0.15) is 5.03 Å². The molecule has 0 fully saturated rings. The van der Waals surface area contributed by atoms with Crippen LogP contribution in [-0.2, 0) is 16.1 Å². The number of nitrogens with zero attached hydrogens (tertiary/aromatic N) is 1. The molecule has 0 saturated heterocycles. The van der Waals surface area contributed by atoms with Gasteiger partial charge < -0.3 is 9.47 Å². The van der Waals surface area contributed by atoms with Crippen LogP contribution < -0.4 is 9.47 Å². The van der Waals surface area contributed by atoms with Gasteiger partial charge in [0.15, 0.2) is 11.5 Å². The molecule has 8 heteroatoms. The van der Waals surface area contributed by atoms with Crippen LogP contribution >= 0.6 is 34.8 Å². The van der Waals surface area contributed by atoms with E-state index in [0.717, 1.165) is 4.90 Å². The van der Waals surface area contributed by atoms with Gasteiger partial charge in [-0.3, -0.25) is 14.5 Å². The van der Waals surface area contributed by atoms with Crippen molar-refractivity contribution in [3.05, 3.63) is 62.6 Å². The first kappa shape index (κ1) is 17.2. The molecule has 132 valence electrons. The maximum atomic E-state index is 12.8. The van der Waals surface area contributed by atoms with Crippen LogP contribution in [-0.4, -0.2) is 23.5 Å². The number of fused-ring (bicyclic) bond motifs is 1. The Morgan fingerprint density at radius 1 is 0.923 bits per heavy atom. The maximum Gasteiger partial charge on any atom is 0.273 e. The monoisotopic (exact) mass is 409 g/mol. The van der Waals surface area contributed by atoms with E-state index in [1.807, 2.05) is 0 Å². The zero-order valence-corrected chi connectivity index (χ0v) is 15.4. The lowest BCUT2D eigenvalue weighted by molar-refractivity contribution is -0.137. The number of hydrogen-bond acceptors (Lipinski definition) is 4. The highest BCUT2D eigenvalue weighted by Gasteiger charge is 2.39. The number of carbonyl (C=O) groups excluding carboxylic acids is 2. The van der Waals surface area contributed by atoms with E-state index >= 15 is 0 Å². The fraction of sp³-hybridized carbons (Fsp3) is 0.111. The predicted molar refractivity (Wildman–Crippen MR) is 97.4 cm³/mol. The highest BCUT2D eigenvalue weighted by Crippen LogP contribution is 2.38. The van der Waals surface area contributed by atoms with Crippen molar-refractivity contribution >= 4 is 52.2 Å². The fourth-order valence-corrected chi connectivity index (χ4v) is 3.63. The standard InChI is InChI=1S/C18H10Cl3NO4/c19-10-2-3-11(12(20)6-10)15-16(21)18(24)22(17(15)23)7-9-1-4-13-14(5-9)26-8-25-13/h1-6H,7-8H2. The third-order valence-corrected chi connectivity index (χ3v) is 4.99. The van der Waals surface area contributed by atoms with Crippen molar-refractivity contribution in [2.75, 3.05) is 6.79 Å². The molecule has 2 aliphatic heterocycles. The normalized spacial score (nSPS) is 16.0. The summed E-state index contributed by atoms with van der Waals surface area (Å²) in [4.78, 5) is 26.4. The van der Waals surface area contributed by atoms with Crippen molar-refractivity contribution < 1.29 is 19.1 Å². The van der Waals surface area contributed by atoms with Crippen LogP contribution in [0.1, 0.15) is 11.1 Å². The zero-order chi connectivity index (χ0) is 18.4. The summed E-state index contributed by atoms with van der Waals surface area (Å²) in [5, 5.41) is 0.501. The molecular formula is C18H10Cl3NO4. The lowest BCUT2D eigenvalue weighted by atomic mass is 10.1. The third kappa shape index (κ3) is 2.82. The fourth-order valence-electron chi connectivity index (χ4n) is 2.84. The highest BCUT2D eigenvalue weighted by atomic mass is 35.5. The first-order valence-corrected chi connectivity index (χ1v) is 8.69. The predicted octanol–water partition coefficient (Wildman–Crippen LogP) is 4.24. The summed E-state index contributed by atoms with van der Waals surface area (Å²) in [6.45, 7) is 0.201. The zero-order valence-electron chi connectivity index (χ0n) is 13.1. The summed E-state index contributed by atoms with van der Waals surface area (Å²) in [6, 6.07) is 9.86. The Labute approximate surface area is 163 Å². The minimum Gasteiger partial charge on any atom is -0.454 e. The molecule has 0 radical (unpaired) electrons. The molecule has 0 bridgehead atoms. The molecule has 0 spiro atoms. The van der Waals surface area contributed by atoms with Gasteiger partial charge in [0, 0.05) is 10.6 Å². The molecule has 0 atom stereocenters. The molecule has 0 N–H and O–H groups in total. The number of rotatable bonds is 3. The van der Waals surface area contributed by atoms with Crippen molar-refractivity contribution in [1.82, 2.24) is 4.90 Å². The maximum absolute atomic E-state index is 12.8. The van der Waals surface area contributed by atoms with Gasteiger partial charge in [-0.1, -0.05) is 46.9 Å². The van der Waals surface area contributed by atoms with E-state index in [9.17, 15) is 9.59 Å². The second-order valence-electron chi connectivity index (χ2n) is 5.70. The summed E-state index contributed by atoms with van der Waals surface area (Å²) in [7, 11) is 0. The quantitative estimate of drug-likeness (QED) is 0.710. The molecule has 2 aliphatic rings. The number of carbonyl (C=O) groups is 2. The van der Waals surface area contributed by atoms with Crippen molar-refractivity contribution in [3.8, 4) is 11.5 Å². The molecule has 2 amide bonds. The first-order valence-electron chi connectivity index (χ1n) is 7.55. The summed E-state index contributed by atoms with van der Waals surface area (Å²) >= 11 is 18.2. The van der Waals surface area contributed by atoms with Crippen molar-refractivity contribution in [3.63, 3.8) is 0 Å². The molecule has 5 nitrogen and oxygen atoms in total. The third-order valence-electron chi connectivity index (χ3n) is 4.09. The first-order chi connectivity index (χ1) is 12.5. The van der Waals surface area contributed by atoms with Crippen LogP contribution in [0.25, 0.3) is 5.57 Å². The average Bonchev–Trinajstić information content (AvgIpc) is 3.15. The number of ether oxygens (including phenoxy) is 2. The van der Waals surface area contributed by atoms with Gasteiger partial charge in [0.05, 0.1) is 17.1 Å². The van der Waals surface area contributed by atoms with Crippen LogP contribution in [0.15, 0.2) is 41.4 Å². The second kappa shape index (κ2) is 6.50. The molecule has 2 aromatic carbocycles. The van der Waals surface area contributed by atoms with Gasteiger partial charge in [-0.25, -0.2) is 0 Å². The lowest BCUT2D eigenvalue weighted by Gasteiger charge is -2.15. The lowest BCUT2D eigenvalue weighted by Crippen LogP contribution is -2.30. The molecular weight excluding hydrogens is 401 g/mol. The van der Waals surface area contributed by atoms with Gasteiger partial charge in [0.25, 0.3) is 11.8 Å². The molecule has 2 aromatic rings. The van der Waals surface area contributed by atoms with E-state index in [0.29, 0.717) is 27.6 Å². The number of hydrogen-bond donors (Lipinski definition) is 0. The molecule has 0 unspecified atom stereocenters. The van der Waals surface area contributed by atoms with Crippen LogP contribution in [0, 0.1) is 0 Å². The Hall–Kier alpha value is -2.21. The number of imide groups is 1. The van der Waals surface area contributed by atoms with Crippen LogP contribution in [0.5, 0.6) is 11.5 Å². The van der Waals surface area contributed by atoms with Gasteiger partial charge in [0.2, 0.25) is 6.79 Å². The Bertz CT molecular complexity index is 986. The van der Waals surface area contributed by atoms with Gasteiger partial charge >= 0.3 is 0 Å². The molecule has 0 aromatic heterocycles. The van der Waals surface area contributed by atoms with Crippen molar-refractivity contribution in [2.24, 2.45) is 0 Å². The van der Waals surface area contributed by atoms with E-state index in [-0.39, 0.29) is 29.0 Å². The van der Waals surface area contributed by atoms with Crippen LogP contribution in [0.4, 0.5) is 0 Å². The van der Waals surface area contributed by atoms with Gasteiger partial charge in [-0.2, -0.15) is 0 Å². The summed E-state index contributed by atoms with van der Waals surface area (Å²) < 4.78 is 10.6. The highest BCUT2D eigenvalue weighted by molar-refractivity contribution is 6.55. The number of benzene rings is 2. The van der Waals surface area contributed by atoms with Gasteiger partial charge in [-0.05, 0) is 29.8 Å². The Kier molecular flexibility index (Phi) is 4.31. The molecule has 2 heterocycles. The minimum atomic E-state index is -0.574.